The Hall–Kier alpha value is -2.94. The third-order valence-corrected chi connectivity index (χ3v) is 5.07. The number of phenols is 2. The van der Waals surface area contributed by atoms with Crippen molar-refractivity contribution in [3.63, 3.8) is 0 Å². The Balaban J connectivity index is 1.78. The molecule has 2 aromatic carbocycles. The molecule has 0 amide bonds. The molecule has 160 valence electrons. The minimum Gasteiger partial charge on any atom is -0.504 e. The van der Waals surface area contributed by atoms with Crippen molar-refractivity contribution in [1.82, 2.24) is 4.98 Å². The fourth-order valence-electron chi connectivity index (χ4n) is 2.76. The predicted octanol–water partition coefficient (Wildman–Crippen LogP) is 6.55. The summed E-state index contributed by atoms with van der Waals surface area (Å²) in [5.41, 5.74) is 0.480. The van der Waals surface area contributed by atoms with E-state index in [1.54, 1.807) is 11.4 Å². The second-order valence-electron chi connectivity index (χ2n) is 6.63. The highest BCUT2D eigenvalue weighted by Gasteiger charge is 2.34. The number of thiazole rings is 1. The van der Waals surface area contributed by atoms with Gasteiger partial charge in [-0.1, -0.05) is 19.8 Å². The minimum absolute atomic E-state index is 0.191. The van der Waals surface area contributed by atoms with Crippen LogP contribution in [0.15, 0.2) is 41.8 Å². The zero-order valence-corrected chi connectivity index (χ0v) is 17.0. The summed E-state index contributed by atoms with van der Waals surface area (Å²) in [5, 5.41) is 24.0. The molecule has 3 aromatic rings. The number of rotatable bonds is 8. The van der Waals surface area contributed by atoms with E-state index in [0.717, 1.165) is 18.9 Å². The van der Waals surface area contributed by atoms with Gasteiger partial charge in [0, 0.05) is 16.6 Å². The Morgan fingerprint density at radius 3 is 2.57 bits per heavy atom. The molecule has 3 rings (SSSR count). The highest BCUT2D eigenvalue weighted by molar-refractivity contribution is 7.14. The summed E-state index contributed by atoms with van der Waals surface area (Å²) in [5.74, 6) is -0.716. The first-order valence-electron chi connectivity index (χ1n) is 9.37. The average molecular weight is 438 g/mol. The first-order chi connectivity index (χ1) is 14.3. The van der Waals surface area contributed by atoms with Gasteiger partial charge in [0.2, 0.25) is 0 Å². The van der Waals surface area contributed by atoms with Gasteiger partial charge in [-0.2, -0.15) is 13.2 Å². The molecule has 0 saturated heterocycles. The van der Waals surface area contributed by atoms with E-state index in [1.165, 1.54) is 35.6 Å². The second-order valence-corrected chi connectivity index (χ2v) is 7.49. The number of hydrogen-bond donors (Lipinski definition) is 3. The van der Waals surface area contributed by atoms with Crippen LogP contribution in [0, 0.1) is 0 Å². The molecule has 1 heterocycles. The van der Waals surface area contributed by atoms with Gasteiger partial charge in [0.15, 0.2) is 16.6 Å². The average Bonchev–Trinajstić information content (AvgIpc) is 3.16. The molecule has 0 spiro atoms. The van der Waals surface area contributed by atoms with Crippen molar-refractivity contribution in [2.75, 3.05) is 11.9 Å². The van der Waals surface area contributed by atoms with Gasteiger partial charge in [-0.15, -0.1) is 11.3 Å². The lowest BCUT2D eigenvalue weighted by atomic mass is 10.1. The molecule has 5 nitrogen and oxygen atoms in total. The fraction of sp³-hybridized carbons (Fsp3) is 0.286. The summed E-state index contributed by atoms with van der Waals surface area (Å²) in [6.07, 6.45) is -2.00. The van der Waals surface area contributed by atoms with Crippen LogP contribution in [0.5, 0.6) is 17.2 Å². The molecular weight excluding hydrogens is 417 g/mol. The topological polar surface area (TPSA) is 74.6 Å². The number of nitrogens with one attached hydrogen (secondary N) is 1. The van der Waals surface area contributed by atoms with E-state index in [4.69, 9.17) is 4.74 Å². The quantitative estimate of drug-likeness (QED) is 0.275. The maximum absolute atomic E-state index is 13.5. The van der Waals surface area contributed by atoms with Crippen LogP contribution in [0.25, 0.3) is 11.3 Å². The normalized spacial score (nSPS) is 11.5. The van der Waals surface area contributed by atoms with E-state index >= 15 is 0 Å². The van der Waals surface area contributed by atoms with E-state index < -0.39 is 11.7 Å². The largest absolute Gasteiger partial charge is 0.504 e. The summed E-state index contributed by atoms with van der Waals surface area (Å²) >= 11 is 1.21. The van der Waals surface area contributed by atoms with Crippen LogP contribution in [-0.2, 0) is 6.18 Å². The zero-order chi connectivity index (χ0) is 21.7. The van der Waals surface area contributed by atoms with Gasteiger partial charge in [0.25, 0.3) is 0 Å². The number of aromatic hydroxyl groups is 2. The fourth-order valence-corrected chi connectivity index (χ4v) is 3.50. The third kappa shape index (κ3) is 5.35. The smallest absolute Gasteiger partial charge is 0.420 e. The first-order valence-corrected chi connectivity index (χ1v) is 10.2. The lowest BCUT2D eigenvalue weighted by molar-refractivity contribution is -0.138. The number of unbranched alkanes of at least 4 members (excludes halogenated alkanes) is 2. The maximum Gasteiger partial charge on any atom is 0.420 e. The molecule has 0 atom stereocenters. The number of anilines is 2. The SMILES string of the molecule is CCCCCOc1ccc(Nc2nc(-c3ccc(O)c(O)c3)cs2)cc1C(F)(F)F. The molecule has 9 heteroatoms. The Bertz CT molecular complexity index is 1010. The second kappa shape index (κ2) is 9.25. The Kier molecular flexibility index (Phi) is 6.71. The van der Waals surface area contributed by atoms with Crippen LogP contribution >= 0.6 is 11.3 Å². The molecule has 0 bridgehead atoms. The Labute approximate surface area is 175 Å². The van der Waals surface area contributed by atoms with Gasteiger partial charge in [-0.05, 0) is 42.8 Å². The lowest BCUT2D eigenvalue weighted by Crippen LogP contribution is -2.10. The molecule has 0 saturated carbocycles. The molecule has 1 aromatic heterocycles. The summed E-state index contributed by atoms with van der Waals surface area (Å²) in [6.45, 7) is 2.25. The number of alkyl halides is 3. The van der Waals surface area contributed by atoms with Crippen LogP contribution in [0.4, 0.5) is 24.0 Å². The minimum atomic E-state index is -4.55. The summed E-state index contributed by atoms with van der Waals surface area (Å²) in [6, 6.07) is 8.11. The molecule has 0 fully saturated rings. The zero-order valence-electron chi connectivity index (χ0n) is 16.2. The summed E-state index contributed by atoms with van der Waals surface area (Å²) < 4.78 is 45.8. The molecule has 30 heavy (non-hydrogen) atoms. The molecule has 3 N–H and O–H groups in total. The van der Waals surface area contributed by atoms with Crippen LogP contribution < -0.4 is 10.1 Å². The van der Waals surface area contributed by atoms with E-state index in [0.29, 0.717) is 22.8 Å². The number of aromatic nitrogens is 1. The number of phenolic OH excluding ortho intramolecular Hbond substituents is 2. The Morgan fingerprint density at radius 2 is 1.87 bits per heavy atom. The van der Waals surface area contributed by atoms with Crippen molar-refractivity contribution in [2.45, 2.75) is 32.4 Å². The van der Waals surface area contributed by atoms with Crippen molar-refractivity contribution in [3.8, 4) is 28.5 Å². The standard InChI is InChI=1S/C21H21F3N2O3S/c1-2-3-4-9-29-19-8-6-14(11-15(19)21(22,23)24)25-20-26-16(12-30-20)13-5-7-17(27)18(28)10-13/h5-8,10-12,27-28H,2-4,9H2,1H3,(H,25,26). The number of ether oxygens (including phenoxy) is 1. The van der Waals surface area contributed by atoms with Crippen molar-refractivity contribution < 1.29 is 28.1 Å². The first kappa shape index (κ1) is 21.8. The van der Waals surface area contributed by atoms with E-state index in [-0.39, 0.29) is 29.5 Å². The van der Waals surface area contributed by atoms with Crippen LogP contribution in [0.1, 0.15) is 31.7 Å². The van der Waals surface area contributed by atoms with Gasteiger partial charge in [0.1, 0.15) is 5.75 Å². The monoisotopic (exact) mass is 438 g/mol. The van der Waals surface area contributed by atoms with E-state index in [2.05, 4.69) is 10.3 Å². The highest BCUT2D eigenvalue weighted by atomic mass is 32.1. The number of nitrogens with zero attached hydrogens (tertiary/aromatic N) is 1. The number of halogens is 3. The van der Waals surface area contributed by atoms with Gasteiger partial charge in [0.05, 0.1) is 17.9 Å². The molecule has 0 unspecified atom stereocenters. The van der Waals surface area contributed by atoms with Crippen LogP contribution in [-0.4, -0.2) is 21.8 Å². The van der Waals surface area contributed by atoms with E-state index in [9.17, 15) is 23.4 Å². The molecular formula is C21H21F3N2O3S. The van der Waals surface area contributed by atoms with Crippen molar-refractivity contribution in [1.29, 1.82) is 0 Å². The maximum atomic E-state index is 13.5. The third-order valence-electron chi connectivity index (χ3n) is 4.32. The molecule has 0 aliphatic heterocycles. The van der Waals surface area contributed by atoms with Crippen LogP contribution in [0.2, 0.25) is 0 Å². The van der Waals surface area contributed by atoms with Crippen LogP contribution in [0.3, 0.4) is 0 Å². The van der Waals surface area contributed by atoms with Crippen molar-refractivity contribution >= 4 is 22.2 Å². The van der Waals surface area contributed by atoms with Gasteiger partial charge in [-0.3, -0.25) is 0 Å². The predicted molar refractivity (Wildman–Crippen MR) is 111 cm³/mol. The van der Waals surface area contributed by atoms with E-state index in [1.807, 2.05) is 6.92 Å². The lowest BCUT2D eigenvalue weighted by Gasteiger charge is -2.15. The molecule has 0 radical (unpaired) electrons. The number of hydrogen-bond acceptors (Lipinski definition) is 6. The van der Waals surface area contributed by atoms with Gasteiger partial charge in [-0.25, -0.2) is 4.98 Å². The summed E-state index contributed by atoms with van der Waals surface area (Å²) in [7, 11) is 0. The molecule has 0 aliphatic carbocycles. The summed E-state index contributed by atoms with van der Waals surface area (Å²) in [4.78, 5) is 4.33. The number of benzene rings is 2. The van der Waals surface area contributed by atoms with Gasteiger partial charge >= 0.3 is 6.18 Å². The highest BCUT2D eigenvalue weighted by Crippen LogP contribution is 2.39. The van der Waals surface area contributed by atoms with Gasteiger partial charge < -0.3 is 20.3 Å². The van der Waals surface area contributed by atoms with Crippen molar-refractivity contribution in [3.05, 3.63) is 47.3 Å². The molecule has 0 aliphatic rings. The Morgan fingerprint density at radius 1 is 1.07 bits per heavy atom. The van der Waals surface area contributed by atoms with Crippen molar-refractivity contribution in [2.24, 2.45) is 0 Å².